The van der Waals surface area contributed by atoms with Gasteiger partial charge < -0.3 is 14.8 Å². The van der Waals surface area contributed by atoms with E-state index in [1.807, 2.05) is 19.1 Å². The fourth-order valence-corrected chi connectivity index (χ4v) is 3.41. The molecule has 194 valence electrons. The zero-order chi connectivity index (χ0) is 27.1. The van der Waals surface area contributed by atoms with Gasteiger partial charge in [-0.1, -0.05) is 30.3 Å². The highest BCUT2D eigenvalue weighted by Gasteiger charge is 2.11. The standard InChI is InChI=1S/C27H22ClF2N5O3/c1-3-37-17(2)4-13-23-26(36)33-27(35(34-23)16-18-5-7-19(28)8-6-18)31-20-9-11-21(12-10-20)38-22-14-24(29)32-25(30)15-22/h4-15H,2-3,16H2,1H3,(H,31,33,36)/b13-4+. The first kappa shape index (κ1) is 26.5. The van der Waals surface area contributed by atoms with E-state index in [4.69, 9.17) is 21.1 Å². The maximum absolute atomic E-state index is 13.3. The molecule has 0 spiro atoms. The Morgan fingerprint density at radius 3 is 2.39 bits per heavy atom. The lowest BCUT2D eigenvalue weighted by atomic mass is 10.2. The fourth-order valence-electron chi connectivity index (χ4n) is 3.28. The van der Waals surface area contributed by atoms with E-state index in [1.54, 1.807) is 47.2 Å². The third-order valence-electron chi connectivity index (χ3n) is 4.98. The SMILES string of the molecule is C=C(/C=C/c1nn(Cc2ccc(Cl)cc2)c(Nc2ccc(Oc3cc(F)nc(F)c3)cc2)nc1=O)OCC. The van der Waals surface area contributed by atoms with Gasteiger partial charge in [-0.25, -0.2) is 4.68 Å². The van der Waals surface area contributed by atoms with Crippen LogP contribution in [-0.2, 0) is 11.3 Å². The number of nitrogens with zero attached hydrogens (tertiary/aromatic N) is 4. The van der Waals surface area contributed by atoms with Crippen LogP contribution >= 0.6 is 11.6 Å². The number of halogens is 3. The summed E-state index contributed by atoms with van der Waals surface area (Å²) >= 11 is 6.01. The monoisotopic (exact) mass is 537 g/mol. The molecule has 1 N–H and O–H groups in total. The molecule has 2 aromatic heterocycles. The Morgan fingerprint density at radius 1 is 1.05 bits per heavy atom. The second kappa shape index (κ2) is 12.1. The molecule has 0 aliphatic rings. The first-order valence-electron chi connectivity index (χ1n) is 11.4. The number of ether oxygens (including phenoxy) is 2. The van der Waals surface area contributed by atoms with E-state index in [2.05, 4.69) is 27.0 Å². The van der Waals surface area contributed by atoms with Crippen LogP contribution in [0.5, 0.6) is 11.5 Å². The van der Waals surface area contributed by atoms with Crippen molar-refractivity contribution >= 4 is 29.3 Å². The summed E-state index contributed by atoms with van der Waals surface area (Å²) in [5, 5.41) is 8.14. The van der Waals surface area contributed by atoms with Gasteiger partial charge in [-0.3, -0.25) is 4.79 Å². The van der Waals surface area contributed by atoms with Crippen molar-refractivity contribution < 1.29 is 18.3 Å². The molecule has 0 saturated carbocycles. The Labute approximate surface area is 221 Å². The lowest BCUT2D eigenvalue weighted by molar-refractivity contribution is 0.244. The first-order valence-corrected chi connectivity index (χ1v) is 11.8. The van der Waals surface area contributed by atoms with Crippen molar-refractivity contribution in [2.75, 3.05) is 11.9 Å². The van der Waals surface area contributed by atoms with Crippen molar-refractivity contribution in [1.29, 1.82) is 0 Å². The highest BCUT2D eigenvalue weighted by molar-refractivity contribution is 6.30. The second-order valence-electron chi connectivity index (χ2n) is 7.84. The second-order valence-corrected chi connectivity index (χ2v) is 8.28. The number of rotatable bonds is 10. The van der Waals surface area contributed by atoms with Crippen LogP contribution in [0.2, 0.25) is 5.02 Å². The number of hydrogen-bond acceptors (Lipinski definition) is 7. The van der Waals surface area contributed by atoms with E-state index in [0.29, 0.717) is 35.4 Å². The number of pyridine rings is 1. The lowest BCUT2D eigenvalue weighted by Gasteiger charge is -2.14. The van der Waals surface area contributed by atoms with Gasteiger partial charge in [0, 0.05) is 22.8 Å². The van der Waals surface area contributed by atoms with Gasteiger partial charge in [0.25, 0.3) is 0 Å². The molecule has 38 heavy (non-hydrogen) atoms. The minimum atomic E-state index is -0.990. The Hall–Kier alpha value is -4.57. The molecule has 0 aliphatic heterocycles. The van der Waals surface area contributed by atoms with Crippen LogP contribution in [0.15, 0.2) is 83.9 Å². The summed E-state index contributed by atoms with van der Waals surface area (Å²) in [5.41, 5.74) is 0.994. The molecule has 0 atom stereocenters. The summed E-state index contributed by atoms with van der Waals surface area (Å²) in [6.45, 7) is 6.33. The van der Waals surface area contributed by atoms with E-state index in [0.717, 1.165) is 17.7 Å². The summed E-state index contributed by atoms with van der Waals surface area (Å²) in [7, 11) is 0. The highest BCUT2D eigenvalue weighted by atomic mass is 35.5. The van der Waals surface area contributed by atoms with Crippen molar-refractivity contribution in [3.8, 4) is 11.5 Å². The quantitative estimate of drug-likeness (QED) is 0.148. The molecule has 4 aromatic rings. The molecule has 2 heterocycles. The van der Waals surface area contributed by atoms with E-state index in [1.165, 1.54) is 6.08 Å². The van der Waals surface area contributed by atoms with Gasteiger partial charge in [0.05, 0.1) is 13.2 Å². The van der Waals surface area contributed by atoms with Gasteiger partial charge in [0.15, 0.2) is 5.69 Å². The zero-order valence-electron chi connectivity index (χ0n) is 20.2. The van der Waals surface area contributed by atoms with Crippen molar-refractivity contribution in [3.63, 3.8) is 0 Å². The average molecular weight is 538 g/mol. The molecule has 0 saturated heterocycles. The third kappa shape index (κ3) is 7.23. The van der Waals surface area contributed by atoms with E-state index in [-0.39, 0.29) is 17.4 Å². The summed E-state index contributed by atoms with van der Waals surface area (Å²) in [4.78, 5) is 19.9. The predicted molar refractivity (Wildman–Crippen MR) is 141 cm³/mol. The van der Waals surface area contributed by atoms with Crippen molar-refractivity contribution in [2.45, 2.75) is 13.5 Å². The Bertz CT molecular complexity index is 1500. The van der Waals surface area contributed by atoms with Crippen molar-refractivity contribution in [3.05, 3.63) is 118 Å². The van der Waals surface area contributed by atoms with Gasteiger partial charge in [0.2, 0.25) is 17.8 Å². The highest BCUT2D eigenvalue weighted by Crippen LogP contribution is 2.25. The van der Waals surface area contributed by atoms with Gasteiger partial charge in [-0.2, -0.15) is 23.8 Å². The van der Waals surface area contributed by atoms with Crippen LogP contribution in [-0.4, -0.2) is 26.4 Å². The Balaban J connectivity index is 1.60. The molecule has 4 rings (SSSR count). The molecule has 0 aliphatic carbocycles. The molecule has 11 heteroatoms. The molecular formula is C27H22ClF2N5O3. The lowest BCUT2D eigenvalue weighted by Crippen LogP contribution is -2.23. The van der Waals surface area contributed by atoms with Gasteiger partial charge >= 0.3 is 5.56 Å². The molecule has 0 bridgehead atoms. The van der Waals surface area contributed by atoms with Crippen LogP contribution in [0.1, 0.15) is 18.2 Å². The van der Waals surface area contributed by atoms with Gasteiger partial charge in [-0.05, 0) is 61.0 Å². The van der Waals surface area contributed by atoms with Crippen LogP contribution in [0.3, 0.4) is 0 Å². The fraction of sp³-hybridized carbons (Fsp3) is 0.111. The van der Waals surface area contributed by atoms with E-state index < -0.39 is 17.5 Å². The van der Waals surface area contributed by atoms with Gasteiger partial charge in [-0.15, -0.1) is 0 Å². The van der Waals surface area contributed by atoms with E-state index >= 15 is 0 Å². The molecule has 0 radical (unpaired) electrons. The minimum absolute atomic E-state index is 0.0333. The van der Waals surface area contributed by atoms with Gasteiger partial charge in [0.1, 0.15) is 17.3 Å². The largest absolute Gasteiger partial charge is 0.495 e. The number of benzene rings is 2. The summed E-state index contributed by atoms with van der Waals surface area (Å²) in [6, 6.07) is 15.6. The van der Waals surface area contributed by atoms with E-state index in [9.17, 15) is 13.6 Å². The number of nitrogens with one attached hydrogen (secondary N) is 1. The molecule has 2 aromatic carbocycles. The average Bonchev–Trinajstić information content (AvgIpc) is 2.87. The Morgan fingerprint density at radius 2 is 1.74 bits per heavy atom. The number of anilines is 2. The number of hydrogen-bond donors (Lipinski definition) is 1. The summed E-state index contributed by atoms with van der Waals surface area (Å²) in [5.74, 6) is -1.10. The summed E-state index contributed by atoms with van der Waals surface area (Å²) < 4.78 is 39.0. The minimum Gasteiger partial charge on any atom is -0.495 e. The normalized spacial score (nSPS) is 10.9. The third-order valence-corrected chi connectivity index (χ3v) is 5.24. The van der Waals surface area contributed by atoms with Crippen LogP contribution in [0.4, 0.5) is 20.4 Å². The predicted octanol–water partition coefficient (Wildman–Crippen LogP) is 6.11. The topological polar surface area (TPSA) is 91.2 Å². The maximum Gasteiger partial charge on any atom is 0.300 e. The van der Waals surface area contributed by atoms with Crippen molar-refractivity contribution in [2.24, 2.45) is 0 Å². The van der Waals surface area contributed by atoms with Crippen LogP contribution in [0.25, 0.3) is 6.08 Å². The molecule has 0 fully saturated rings. The van der Waals surface area contributed by atoms with Crippen LogP contribution < -0.4 is 15.6 Å². The summed E-state index contributed by atoms with van der Waals surface area (Å²) in [6.07, 6.45) is 3.04. The first-order chi connectivity index (χ1) is 18.3. The van der Waals surface area contributed by atoms with Crippen molar-refractivity contribution in [1.82, 2.24) is 19.7 Å². The number of allylic oxidation sites excluding steroid dienone is 1. The Kier molecular flexibility index (Phi) is 8.44. The molecule has 0 unspecified atom stereocenters. The maximum atomic E-state index is 13.3. The molecule has 8 nitrogen and oxygen atoms in total. The smallest absolute Gasteiger partial charge is 0.300 e. The molecular weight excluding hydrogens is 516 g/mol. The number of aromatic nitrogens is 4. The van der Waals surface area contributed by atoms with Crippen LogP contribution in [0, 0.1) is 11.9 Å². The zero-order valence-corrected chi connectivity index (χ0v) is 21.0. The molecule has 0 amide bonds.